The van der Waals surface area contributed by atoms with Gasteiger partial charge in [-0.15, -0.1) is 0 Å². The molecule has 10 nitrogen and oxygen atoms in total. The van der Waals surface area contributed by atoms with Crippen LogP contribution in [0.5, 0.6) is 11.5 Å². The summed E-state index contributed by atoms with van der Waals surface area (Å²) in [5.74, 6) is 2.54. The van der Waals surface area contributed by atoms with Gasteiger partial charge in [0.15, 0.2) is 17.1 Å². The molecule has 3 aromatic rings. The Labute approximate surface area is 206 Å². The van der Waals surface area contributed by atoms with Gasteiger partial charge in [0.25, 0.3) is 0 Å². The molecule has 2 N–H and O–H groups in total. The van der Waals surface area contributed by atoms with Gasteiger partial charge >= 0.3 is 0 Å². The van der Waals surface area contributed by atoms with E-state index in [0.29, 0.717) is 28.9 Å². The number of piperazine rings is 1. The van der Waals surface area contributed by atoms with Crippen LogP contribution in [0.15, 0.2) is 18.2 Å². The van der Waals surface area contributed by atoms with Gasteiger partial charge in [-0.25, -0.2) is 4.98 Å². The van der Waals surface area contributed by atoms with Crippen molar-refractivity contribution in [3.63, 3.8) is 0 Å². The summed E-state index contributed by atoms with van der Waals surface area (Å²) in [6.45, 7) is 8.58. The molecule has 4 heterocycles. The predicted octanol–water partition coefficient (Wildman–Crippen LogP) is 2.24. The number of likely N-dealkylation sites (tertiary alicyclic amines) is 1. The summed E-state index contributed by atoms with van der Waals surface area (Å²) in [5.41, 5.74) is 8.63. The monoisotopic (exact) mass is 480 g/mol. The Hall–Kier alpha value is -3.11. The number of hydrogen-bond acceptors (Lipinski definition) is 9. The van der Waals surface area contributed by atoms with Gasteiger partial charge in [-0.2, -0.15) is 10.1 Å². The zero-order valence-electron chi connectivity index (χ0n) is 21.0. The minimum atomic E-state index is 0.541. The maximum Gasteiger partial charge on any atom is 0.228 e. The zero-order chi connectivity index (χ0) is 24.4. The molecule has 0 amide bonds. The van der Waals surface area contributed by atoms with E-state index in [2.05, 4.69) is 19.8 Å². The highest BCUT2D eigenvalue weighted by Crippen LogP contribution is 2.36. The number of ether oxygens (including phenoxy) is 2. The first-order chi connectivity index (χ1) is 17.1. The lowest BCUT2D eigenvalue weighted by molar-refractivity contribution is 0.176. The number of nitrogens with two attached hydrogens (primary N) is 1. The number of nitrogen functional groups attached to an aromatic ring is 1. The van der Waals surface area contributed by atoms with E-state index >= 15 is 0 Å². The number of methoxy groups -OCH3 is 2. The van der Waals surface area contributed by atoms with Crippen LogP contribution in [0.4, 0.5) is 11.8 Å². The summed E-state index contributed by atoms with van der Waals surface area (Å²) < 4.78 is 12.6. The number of aromatic nitrogens is 4. The molecule has 35 heavy (non-hydrogen) atoms. The van der Waals surface area contributed by atoms with Gasteiger partial charge in [0.1, 0.15) is 5.82 Å². The van der Waals surface area contributed by atoms with E-state index in [1.54, 1.807) is 18.9 Å². The Morgan fingerprint density at radius 1 is 0.857 bits per heavy atom. The van der Waals surface area contributed by atoms with Crippen molar-refractivity contribution in [1.29, 1.82) is 0 Å². The van der Waals surface area contributed by atoms with Crippen LogP contribution in [0.25, 0.3) is 22.3 Å². The molecule has 0 spiro atoms. The largest absolute Gasteiger partial charge is 0.493 e. The van der Waals surface area contributed by atoms with Crippen molar-refractivity contribution < 1.29 is 9.47 Å². The molecule has 0 bridgehead atoms. The van der Waals surface area contributed by atoms with Crippen molar-refractivity contribution in [2.24, 2.45) is 7.05 Å². The molecule has 0 radical (unpaired) electrons. The van der Waals surface area contributed by atoms with Crippen LogP contribution in [-0.2, 0) is 7.05 Å². The summed E-state index contributed by atoms with van der Waals surface area (Å²) in [4.78, 5) is 17.2. The van der Waals surface area contributed by atoms with Crippen molar-refractivity contribution >= 4 is 22.8 Å². The first-order valence-corrected chi connectivity index (χ1v) is 12.5. The fraction of sp³-hybridized carbons (Fsp3) is 0.560. The second kappa shape index (κ2) is 10.2. The lowest BCUT2D eigenvalue weighted by atomic mass is 10.1. The van der Waals surface area contributed by atoms with Gasteiger partial charge in [-0.05, 0) is 44.1 Å². The summed E-state index contributed by atoms with van der Waals surface area (Å²) >= 11 is 0. The van der Waals surface area contributed by atoms with Gasteiger partial charge in [-0.3, -0.25) is 9.58 Å². The van der Waals surface area contributed by atoms with Gasteiger partial charge in [-0.1, -0.05) is 6.42 Å². The first kappa shape index (κ1) is 23.6. The number of fused-ring (bicyclic) bond motifs is 1. The van der Waals surface area contributed by atoms with Crippen molar-refractivity contribution in [2.45, 2.75) is 19.3 Å². The Balaban J connectivity index is 1.38. The van der Waals surface area contributed by atoms with Crippen molar-refractivity contribution in [3.8, 4) is 22.8 Å². The van der Waals surface area contributed by atoms with E-state index in [1.165, 1.54) is 38.9 Å². The van der Waals surface area contributed by atoms with Gasteiger partial charge in [0.05, 0.1) is 25.3 Å². The molecule has 10 heteroatoms. The lowest BCUT2D eigenvalue weighted by Gasteiger charge is -2.36. The molecule has 1 aromatic carbocycles. The molecule has 2 aromatic heterocycles. The van der Waals surface area contributed by atoms with Crippen molar-refractivity contribution in [2.75, 3.05) is 77.2 Å². The highest BCUT2D eigenvalue weighted by molar-refractivity contribution is 5.99. The maximum absolute atomic E-state index is 6.38. The number of anilines is 2. The van der Waals surface area contributed by atoms with Crippen LogP contribution in [0, 0.1) is 0 Å². The van der Waals surface area contributed by atoms with Crippen LogP contribution >= 0.6 is 0 Å². The van der Waals surface area contributed by atoms with Crippen LogP contribution in [0.3, 0.4) is 0 Å². The van der Waals surface area contributed by atoms with E-state index in [0.717, 1.165) is 49.4 Å². The molecule has 0 aliphatic carbocycles. The summed E-state index contributed by atoms with van der Waals surface area (Å²) in [5, 5.41) is 5.32. The predicted molar refractivity (Wildman–Crippen MR) is 138 cm³/mol. The fourth-order valence-electron chi connectivity index (χ4n) is 5.07. The molecule has 0 unspecified atom stereocenters. The van der Waals surface area contributed by atoms with Crippen molar-refractivity contribution in [1.82, 2.24) is 29.5 Å². The molecule has 0 saturated carbocycles. The van der Waals surface area contributed by atoms with E-state index in [9.17, 15) is 0 Å². The number of piperidine rings is 1. The average molecular weight is 481 g/mol. The standard InChI is InChI=1S/C25H36N8O2/c1-30-23(26)21-22(18-7-8-19(34-2)20(17-18)35-3)27-25(28-24(21)29-30)33-15-13-32(14-16-33)12-11-31-9-5-4-6-10-31/h7-8,17H,4-6,9-16,26H2,1-3H3. The third-order valence-corrected chi connectivity index (χ3v) is 7.22. The Morgan fingerprint density at radius 2 is 1.54 bits per heavy atom. The fourth-order valence-corrected chi connectivity index (χ4v) is 5.07. The smallest absolute Gasteiger partial charge is 0.228 e. The molecular weight excluding hydrogens is 444 g/mol. The van der Waals surface area contributed by atoms with Gasteiger partial charge in [0.2, 0.25) is 5.95 Å². The Bertz CT molecular complexity index is 1170. The maximum atomic E-state index is 6.38. The number of aryl methyl sites for hydroxylation is 1. The molecular formula is C25H36N8O2. The topological polar surface area (TPSA) is 97.8 Å². The molecule has 5 rings (SSSR count). The van der Waals surface area contributed by atoms with E-state index in [-0.39, 0.29) is 0 Å². The molecule has 0 atom stereocenters. The first-order valence-electron chi connectivity index (χ1n) is 12.5. The normalized spacial score (nSPS) is 17.7. The highest BCUT2D eigenvalue weighted by atomic mass is 16.5. The second-order valence-electron chi connectivity index (χ2n) is 9.38. The minimum Gasteiger partial charge on any atom is -0.493 e. The van der Waals surface area contributed by atoms with Gasteiger partial charge < -0.3 is 25.0 Å². The van der Waals surface area contributed by atoms with Crippen LogP contribution in [0.2, 0.25) is 0 Å². The Kier molecular flexibility index (Phi) is 6.92. The van der Waals surface area contributed by atoms with E-state index < -0.39 is 0 Å². The third-order valence-electron chi connectivity index (χ3n) is 7.22. The molecule has 188 valence electrons. The molecule has 2 aliphatic heterocycles. The van der Waals surface area contributed by atoms with Crippen LogP contribution < -0.4 is 20.1 Å². The highest BCUT2D eigenvalue weighted by Gasteiger charge is 2.24. The van der Waals surface area contributed by atoms with Crippen LogP contribution in [0.1, 0.15) is 19.3 Å². The number of benzene rings is 1. The summed E-state index contributed by atoms with van der Waals surface area (Å²) in [6.07, 6.45) is 4.06. The van der Waals surface area contributed by atoms with E-state index in [1.807, 2.05) is 25.2 Å². The SMILES string of the molecule is COc1ccc(-c2nc(N3CCN(CCN4CCCCC4)CC3)nc3nn(C)c(N)c23)cc1OC. The quantitative estimate of drug-likeness (QED) is 0.546. The van der Waals surface area contributed by atoms with Crippen LogP contribution in [-0.4, -0.2) is 96.1 Å². The molecule has 2 aliphatic rings. The molecule has 2 saturated heterocycles. The number of hydrogen-bond donors (Lipinski definition) is 1. The van der Waals surface area contributed by atoms with Crippen molar-refractivity contribution in [3.05, 3.63) is 18.2 Å². The summed E-state index contributed by atoms with van der Waals surface area (Å²) in [7, 11) is 5.09. The number of rotatable bonds is 7. The number of nitrogens with zero attached hydrogens (tertiary/aromatic N) is 7. The third kappa shape index (κ3) is 4.85. The summed E-state index contributed by atoms with van der Waals surface area (Å²) in [6, 6.07) is 5.78. The molecule has 2 fully saturated rings. The van der Waals surface area contributed by atoms with E-state index in [4.69, 9.17) is 25.2 Å². The second-order valence-corrected chi connectivity index (χ2v) is 9.38. The average Bonchev–Trinajstić information content (AvgIpc) is 3.20. The lowest BCUT2D eigenvalue weighted by Crippen LogP contribution is -2.49. The Morgan fingerprint density at radius 3 is 2.23 bits per heavy atom. The minimum absolute atomic E-state index is 0.541. The zero-order valence-corrected chi connectivity index (χ0v) is 21.0. The van der Waals surface area contributed by atoms with Gasteiger partial charge in [0, 0.05) is 51.9 Å².